The molecule has 1 aromatic heterocycles. The van der Waals surface area contributed by atoms with E-state index in [0.29, 0.717) is 33.9 Å². The Morgan fingerprint density at radius 2 is 2.05 bits per heavy atom. The van der Waals surface area contributed by atoms with Crippen molar-refractivity contribution in [2.45, 2.75) is 26.1 Å². The average Bonchev–Trinajstić information content (AvgIpc) is 2.88. The molecule has 0 saturated carbocycles. The van der Waals surface area contributed by atoms with E-state index in [0.717, 1.165) is 13.0 Å². The third-order valence-electron chi connectivity index (χ3n) is 2.82. The lowest BCUT2D eigenvalue weighted by Gasteiger charge is -2.09. The van der Waals surface area contributed by atoms with Gasteiger partial charge in [0.2, 0.25) is 0 Å². The van der Waals surface area contributed by atoms with Crippen LogP contribution in [0.1, 0.15) is 23.9 Å². The molecule has 2 aromatic rings. The van der Waals surface area contributed by atoms with Crippen molar-refractivity contribution < 1.29 is 17.6 Å². The molecule has 0 unspecified atom stereocenters. The fourth-order valence-corrected chi connectivity index (χ4v) is 2.72. The molecule has 2 nitrogen and oxygen atoms in total. The maximum absolute atomic E-state index is 13.3. The largest absolute Gasteiger partial charge is 0.443 e. The van der Waals surface area contributed by atoms with Crippen LogP contribution in [0.5, 0.6) is 0 Å². The lowest BCUT2D eigenvalue weighted by Crippen LogP contribution is -2.14. The van der Waals surface area contributed by atoms with E-state index in [1.54, 1.807) is 0 Å². The van der Waals surface area contributed by atoms with E-state index in [4.69, 9.17) is 0 Å². The first-order valence-electron chi connectivity index (χ1n) is 6.44. The van der Waals surface area contributed by atoms with Gasteiger partial charge in [-0.15, -0.1) is 11.3 Å². The quantitative estimate of drug-likeness (QED) is 0.650. The summed E-state index contributed by atoms with van der Waals surface area (Å²) in [5.74, 6) is -0.410. The van der Waals surface area contributed by atoms with Crippen molar-refractivity contribution in [2.24, 2.45) is 0 Å². The van der Waals surface area contributed by atoms with Crippen molar-refractivity contribution >= 4 is 11.3 Å². The molecule has 2 rings (SSSR count). The number of nitrogens with one attached hydrogen (secondary N) is 1. The van der Waals surface area contributed by atoms with Gasteiger partial charge in [0, 0.05) is 12.7 Å². The molecular formula is C14H14F4N2S. The Balaban J connectivity index is 2.32. The minimum absolute atomic E-state index is 0.385. The molecule has 1 heterocycles. The van der Waals surface area contributed by atoms with Gasteiger partial charge in [0.05, 0.1) is 4.88 Å². The van der Waals surface area contributed by atoms with E-state index in [1.807, 2.05) is 6.92 Å². The number of rotatable bonds is 5. The molecule has 0 amide bonds. The van der Waals surface area contributed by atoms with E-state index >= 15 is 0 Å². The first-order valence-corrected chi connectivity index (χ1v) is 7.26. The molecule has 21 heavy (non-hydrogen) atoms. The standard InChI is InChI=1S/C14H14F4N2S/c1-2-5-19-7-9-6-10(15)3-4-11(9)12-8-20-13(21-12)14(16,17)18/h3-4,6,8,19H,2,5,7H2,1H3. The highest BCUT2D eigenvalue weighted by Gasteiger charge is 2.34. The van der Waals surface area contributed by atoms with Crippen molar-refractivity contribution in [3.63, 3.8) is 0 Å². The monoisotopic (exact) mass is 318 g/mol. The van der Waals surface area contributed by atoms with Crippen LogP contribution in [0.4, 0.5) is 17.6 Å². The van der Waals surface area contributed by atoms with Gasteiger partial charge in [-0.1, -0.05) is 13.0 Å². The highest BCUT2D eigenvalue weighted by Crippen LogP contribution is 2.37. The van der Waals surface area contributed by atoms with Crippen LogP contribution < -0.4 is 5.32 Å². The maximum Gasteiger partial charge on any atom is 0.443 e. The van der Waals surface area contributed by atoms with Crippen molar-refractivity contribution in [3.05, 3.63) is 40.8 Å². The van der Waals surface area contributed by atoms with Crippen LogP contribution in [-0.2, 0) is 12.7 Å². The Morgan fingerprint density at radius 1 is 1.29 bits per heavy atom. The molecule has 0 fully saturated rings. The molecule has 0 saturated heterocycles. The molecule has 7 heteroatoms. The number of hydrogen-bond acceptors (Lipinski definition) is 3. The zero-order valence-electron chi connectivity index (χ0n) is 11.3. The summed E-state index contributed by atoms with van der Waals surface area (Å²) in [6, 6.07) is 4.07. The van der Waals surface area contributed by atoms with Gasteiger partial charge in [-0.3, -0.25) is 0 Å². The average molecular weight is 318 g/mol. The second-order valence-corrected chi connectivity index (χ2v) is 5.54. The number of nitrogens with zero attached hydrogens (tertiary/aromatic N) is 1. The summed E-state index contributed by atoms with van der Waals surface area (Å²) in [6.45, 7) is 3.16. The van der Waals surface area contributed by atoms with Gasteiger partial charge < -0.3 is 5.32 Å². The van der Waals surface area contributed by atoms with Crippen molar-refractivity contribution in [3.8, 4) is 10.4 Å². The Bertz CT molecular complexity index is 607. The van der Waals surface area contributed by atoms with Gasteiger partial charge in [-0.05, 0) is 36.2 Å². The molecule has 0 bridgehead atoms. The number of alkyl halides is 3. The van der Waals surface area contributed by atoms with Gasteiger partial charge in [-0.2, -0.15) is 13.2 Å². The summed E-state index contributed by atoms with van der Waals surface area (Å²) < 4.78 is 51.2. The number of benzene rings is 1. The summed E-state index contributed by atoms with van der Waals surface area (Å²) in [6.07, 6.45) is -2.35. The van der Waals surface area contributed by atoms with Crippen LogP contribution >= 0.6 is 11.3 Å². The van der Waals surface area contributed by atoms with Crippen LogP contribution in [0.25, 0.3) is 10.4 Å². The van der Waals surface area contributed by atoms with Crippen LogP contribution in [0.2, 0.25) is 0 Å². The van der Waals surface area contributed by atoms with E-state index in [-0.39, 0.29) is 0 Å². The molecule has 0 atom stereocenters. The summed E-state index contributed by atoms with van der Waals surface area (Å²) >= 11 is 0.566. The fourth-order valence-electron chi connectivity index (χ4n) is 1.88. The summed E-state index contributed by atoms with van der Waals surface area (Å²) in [5.41, 5.74) is 1.20. The first kappa shape index (κ1) is 15.9. The fraction of sp³-hybridized carbons (Fsp3) is 0.357. The molecule has 0 spiro atoms. The predicted molar refractivity (Wildman–Crippen MR) is 74.5 cm³/mol. The summed E-state index contributed by atoms with van der Waals surface area (Å²) in [5, 5.41) is 2.23. The van der Waals surface area contributed by atoms with Crippen molar-refractivity contribution in [1.29, 1.82) is 0 Å². The highest BCUT2D eigenvalue weighted by molar-refractivity contribution is 7.15. The van der Waals surface area contributed by atoms with Crippen molar-refractivity contribution in [2.75, 3.05) is 6.54 Å². The number of hydrogen-bond donors (Lipinski definition) is 1. The Hall–Kier alpha value is -1.47. The zero-order chi connectivity index (χ0) is 15.5. The molecule has 0 radical (unpaired) electrons. The second kappa shape index (κ2) is 6.53. The van der Waals surface area contributed by atoms with Gasteiger partial charge in [0.25, 0.3) is 0 Å². The highest BCUT2D eigenvalue weighted by atomic mass is 32.1. The molecule has 1 aromatic carbocycles. The van der Waals surface area contributed by atoms with E-state index in [2.05, 4.69) is 10.3 Å². The Morgan fingerprint density at radius 3 is 2.67 bits per heavy atom. The third-order valence-corrected chi connectivity index (χ3v) is 3.90. The Labute approximate surface area is 123 Å². The molecule has 0 aliphatic rings. The van der Waals surface area contributed by atoms with Crippen LogP contribution in [0.15, 0.2) is 24.4 Å². The molecule has 1 N–H and O–H groups in total. The molecular weight excluding hydrogens is 304 g/mol. The third kappa shape index (κ3) is 4.01. The minimum Gasteiger partial charge on any atom is -0.313 e. The van der Waals surface area contributed by atoms with Crippen LogP contribution in [-0.4, -0.2) is 11.5 Å². The van der Waals surface area contributed by atoms with Gasteiger partial charge in [0.15, 0.2) is 5.01 Å². The Kier molecular flexibility index (Phi) is 4.95. The smallest absolute Gasteiger partial charge is 0.313 e. The van der Waals surface area contributed by atoms with Crippen molar-refractivity contribution in [1.82, 2.24) is 10.3 Å². The van der Waals surface area contributed by atoms with Gasteiger partial charge in [-0.25, -0.2) is 9.37 Å². The maximum atomic E-state index is 13.3. The normalized spacial score (nSPS) is 11.9. The minimum atomic E-state index is -4.45. The second-order valence-electron chi connectivity index (χ2n) is 4.51. The zero-order valence-corrected chi connectivity index (χ0v) is 12.1. The lowest BCUT2D eigenvalue weighted by molar-refractivity contribution is -0.137. The summed E-state index contributed by atoms with van der Waals surface area (Å²) in [4.78, 5) is 3.79. The van der Waals surface area contributed by atoms with Gasteiger partial charge >= 0.3 is 6.18 Å². The topological polar surface area (TPSA) is 24.9 Å². The molecule has 0 aliphatic carbocycles. The number of thiazole rings is 1. The first-order chi connectivity index (χ1) is 9.91. The summed E-state index contributed by atoms with van der Waals surface area (Å²) in [7, 11) is 0. The van der Waals surface area contributed by atoms with E-state index in [1.165, 1.54) is 24.4 Å². The van der Waals surface area contributed by atoms with Gasteiger partial charge in [0.1, 0.15) is 5.82 Å². The van der Waals surface area contributed by atoms with Crippen LogP contribution in [0, 0.1) is 5.82 Å². The molecule has 0 aliphatic heterocycles. The number of halogens is 4. The van der Waals surface area contributed by atoms with Crippen LogP contribution in [0.3, 0.4) is 0 Å². The van der Waals surface area contributed by atoms with E-state index < -0.39 is 17.0 Å². The molecule has 114 valence electrons. The SMILES string of the molecule is CCCNCc1cc(F)ccc1-c1cnc(C(F)(F)F)s1. The number of aromatic nitrogens is 1. The van der Waals surface area contributed by atoms with E-state index in [9.17, 15) is 17.6 Å². The predicted octanol–water partition coefficient (Wildman–Crippen LogP) is 4.47. The lowest BCUT2D eigenvalue weighted by atomic mass is 10.1.